The van der Waals surface area contributed by atoms with Gasteiger partial charge in [-0.15, -0.1) is 32.9 Å². The van der Waals surface area contributed by atoms with Crippen LogP contribution < -0.4 is 16.0 Å². The van der Waals surface area contributed by atoms with Crippen molar-refractivity contribution in [2.75, 3.05) is 20.1 Å². The number of aryl methyl sites for hydroxylation is 1. The van der Waals surface area contributed by atoms with E-state index >= 15 is 0 Å². The highest BCUT2D eigenvalue weighted by atomic mass is 32.1. The monoisotopic (exact) mass is 842 g/mol. The molecular formula is C43H58N10O4S2. The molecule has 5 aromatic rings. The van der Waals surface area contributed by atoms with Crippen molar-refractivity contribution in [2.24, 2.45) is 0 Å². The molecule has 0 bridgehead atoms. The number of alkyl carbamates (subject to hydrolysis) is 1. The number of fused-ring (bicyclic) bond motifs is 1. The summed E-state index contributed by atoms with van der Waals surface area (Å²) in [5.41, 5.74) is 4.77. The Labute approximate surface area is 355 Å². The first kappa shape index (κ1) is 44.0. The first-order chi connectivity index (χ1) is 28.6. The largest absolute Gasteiger partial charge is 0.444 e. The zero-order valence-corrected chi connectivity index (χ0v) is 36.1. The average Bonchev–Trinajstić information content (AvgIpc) is 4.03. The molecular weight excluding hydrogens is 785 g/mol. The molecule has 4 atom stereocenters. The summed E-state index contributed by atoms with van der Waals surface area (Å²) in [7, 11) is 1.82. The van der Waals surface area contributed by atoms with E-state index < -0.39 is 18.5 Å². The summed E-state index contributed by atoms with van der Waals surface area (Å²) in [4.78, 5) is 41.3. The van der Waals surface area contributed by atoms with Gasteiger partial charge < -0.3 is 25.0 Å². The molecule has 59 heavy (non-hydrogen) atoms. The summed E-state index contributed by atoms with van der Waals surface area (Å²) in [5.74, 6) is 2.05. The van der Waals surface area contributed by atoms with E-state index in [9.17, 15) is 14.7 Å². The van der Waals surface area contributed by atoms with Crippen molar-refractivity contribution in [3.63, 3.8) is 0 Å². The van der Waals surface area contributed by atoms with Gasteiger partial charge in [0.2, 0.25) is 5.91 Å². The Morgan fingerprint density at radius 2 is 1.63 bits per heavy atom. The van der Waals surface area contributed by atoms with Crippen LogP contribution in [-0.4, -0.2) is 96.3 Å². The van der Waals surface area contributed by atoms with Crippen LogP contribution >= 0.6 is 22.7 Å². The Bertz CT molecular complexity index is 2010. The predicted octanol–water partition coefficient (Wildman–Crippen LogP) is 5.49. The maximum Gasteiger partial charge on any atom is 0.407 e. The molecule has 0 fully saturated rings. The number of aliphatic hydroxyl groups excluding tert-OH is 1. The van der Waals surface area contributed by atoms with Gasteiger partial charge in [0.15, 0.2) is 6.35 Å². The molecule has 316 valence electrons. The zero-order chi connectivity index (χ0) is 41.6. The van der Waals surface area contributed by atoms with E-state index in [1.165, 1.54) is 11.3 Å². The molecule has 2 aromatic carbocycles. The number of ether oxygens (including phenoxy) is 1. The molecule has 1 aliphatic heterocycles. The molecule has 4 unspecified atom stereocenters. The second-order valence-electron chi connectivity index (χ2n) is 15.5. The second kappa shape index (κ2) is 22.1. The highest BCUT2D eigenvalue weighted by molar-refractivity contribution is 7.09. The minimum Gasteiger partial charge on any atom is -0.444 e. The van der Waals surface area contributed by atoms with Gasteiger partial charge in [0.1, 0.15) is 18.3 Å². The molecule has 0 aliphatic carbocycles. The molecule has 6 rings (SSSR count). The lowest BCUT2D eigenvalue weighted by molar-refractivity contribution is -0.127. The fraction of sp³-hybridized carbons (Fsp3) is 0.488. The van der Waals surface area contributed by atoms with Crippen molar-refractivity contribution in [3.8, 4) is 0 Å². The van der Waals surface area contributed by atoms with Crippen molar-refractivity contribution >= 4 is 34.7 Å². The number of benzene rings is 2. The van der Waals surface area contributed by atoms with Gasteiger partial charge >= 0.3 is 6.09 Å². The van der Waals surface area contributed by atoms with Crippen molar-refractivity contribution in [1.82, 2.24) is 50.5 Å². The fourth-order valence-electron chi connectivity index (χ4n) is 7.24. The Balaban J connectivity index is 1.16. The van der Waals surface area contributed by atoms with Crippen LogP contribution in [0.2, 0.25) is 0 Å². The first-order valence-electron chi connectivity index (χ1n) is 20.5. The molecule has 0 saturated heterocycles. The average molecular weight is 843 g/mol. The molecule has 14 nitrogen and oxygen atoms in total. The van der Waals surface area contributed by atoms with Crippen LogP contribution in [-0.2, 0) is 55.0 Å². The Hall–Kier alpha value is -4.58. The topological polar surface area (TPSA) is 163 Å². The first-order valence-corrected chi connectivity index (χ1v) is 22.3. The second-order valence-corrected chi connectivity index (χ2v) is 17.4. The van der Waals surface area contributed by atoms with Gasteiger partial charge in [-0.25, -0.2) is 9.78 Å². The van der Waals surface area contributed by atoms with E-state index in [1.54, 1.807) is 27.9 Å². The van der Waals surface area contributed by atoms with Gasteiger partial charge in [-0.2, -0.15) is 0 Å². The number of hydrogen-bond acceptors (Lipinski definition) is 13. The number of carbonyl (C=O) groups excluding carboxylic acids is 2. The van der Waals surface area contributed by atoms with Crippen LogP contribution in [0, 0.1) is 0 Å². The smallest absolute Gasteiger partial charge is 0.407 e. The molecule has 16 heteroatoms. The minimum atomic E-state index is -1.10. The Morgan fingerprint density at radius 1 is 0.932 bits per heavy atom. The lowest BCUT2D eigenvalue weighted by atomic mass is 9.95. The van der Waals surface area contributed by atoms with Gasteiger partial charge in [0.05, 0.1) is 33.7 Å². The van der Waals surface area contributed by atoms with Gasteiger partial charge in [-0.1, -0.05) is 81.4 Å². The molecule has 4 heterocycles. The summed E-state index contributed by atoms with van der Waals surface area (Å²) in [6.45, 7) is 9.77. The van der Waals surface area contributed by atoms with Gasteiger partial charge in [-0.05, 0) is 50.3 Å². The quantitative estimate of drug-likeness (QED) is 0.0652. The number of amides is 2. The zero-order valence-electron chi connectivity index (χ0n) is 34.5. The summed E-state index contributed by atoms with van der Waals surface area (Å²) in [6, 6.07) is 18.9. The Morgan fingerprint density at radius 3 is 2.25 bits per heavy atom. The van der Waals surface area contributed by atoms with E-state index in [2.05, 4.69) is 73.5 Å². The van der Waals surface area contributed by atoms with Gasteiger partial charge in [0.25, 0.3) is 0 Å². The normalized spacial score (nSPS) is 15.1. The molecule has 3 aromatic heterocycles. The van der Waals surface area contributed by atoms with Crippen LogP contribution in [0.3, 0.4) is 0 Å². The van der Waals surface area contributed by atoms with Crippen LogP contribution in [0.5, 0.6) is 0 Å². The summed E-state index contributed by atoms with van der Waals surface area (Å²) in [5, 5.41) is 33.1. The van der Waals surface area contributed by atoms with E-state index in [4.69, 9.17) is 9.72 Å². The van der Waals surface area contributed by atoms with Crippen molar-refractivity contribution in [2.45, 2.75) is 116 Å². The van der Waals surface area contributed by atoms with Crippen molar-refractivity contribution in [1.29, 1.82) is 0 Å². The van der Waals surface area contributed by atoms with Crippen LogP contribution in [0.25, 0.3) is 0 Å². The van der Waals surface area contributed by atoms with E-state index in [-0.39, 0.29) is 24.6 Å². The Kier molecular flexibility index (Phi) is 16.5. The highest BCUT2D eigenvalue weighted by Crippen LogP contribution is 2.21. The predicted molar refractivity (Wildman–Crippen MR) is 231 cm³/mol. The number of hydrogen-bond donors (Lipinski definition) is 4. The maximum absolute atomic E-state index is 14.5. The van der Waals surface area contributed by atoms with Crippen molar-refractivity contribution in [3.05, 3.63) is 116 Å². The lowest BCUT2D eigenvalue weighted by Crippen LogP contribution is -2.56. The minimum absolute atomic E-state index is 0.150. The van der Waals surface area contributed by atoms with E-state index in [0.29, 0.717) is 57.7 Å². The summed E-state index contributed by atoms with van der Waals surface area (Å²) < 4.78 is 7.75. The third-order valence-electron chi connectivity index (χ3n) is 10.5. The maximum atomic E-state index is 14.5. The number of nitrogens with one attached hydrogen (secondary N) is 3. The number of thiazole rings is 2. The standard InChI is InChI=1S/C43H58N10O4S2/c1-5-38-49-50-39-26-52(20-21-53(38)39)19-18-37(48-42(55)51(4)25-35-28-58-41(46-35)30(2)3)40(54)45-33(22-31-12-8-6-9-13-31)16-17-34(23-32-14-10-7-11-15-32)47-43(56)57-27-36-24-44-29-59-36/h6-15,24,28-30,33-34,37,42,48,55H,5,16-23,25-27H2,1-4H3,(H,45,54)(H,47,56). The van der Waals surface area contributed by atoms with Gasteiger partial charge in [-0.3, -0.25) is 24.9 Å². The molecule has 2 amide bonds. The number of nitrogens with zero attached hydrogens (tertiary/aromatic N) is 7. The summed E-state index contributed by atoms with van der Waals surface area (Å²) >= 11 is 3.05. The van der Waals surface area contributed by atoms with Crippen molar-refractivity contribution < 1.29 is 19.4 Å². The number of carbonyl (C=O) groups is 2. The number of aliphatic hydroxyl groups is 1. The van der Waals surface area contributed by atoms with E-state index in [0.717, 1.165) is 57.9 Å². The highest BCUT2D eigenvalue weighted by Gasteiger charge is 2.29. The molecule has 1 aliphatic rings. The molecule has 0 spiro atoms. The van der Waals surface area contributed by atoms with Crippen LogP contribution in [0.15, 0.2) is 77.8 Å². The van der Waals surface area contributed by atoms with E-state index in [1.807, 2.05) is 61.0 Å². The SMILES string of the molecule is CCc1nnc2n1CCN(CCC(NC(O)N(C)Cc1csc(C(C)C)n1)C(=O)NC(CCC(Cc1ccccc1)NC(=O)OCc1cncs1)Cc1ccccc1)C2. The number of rotatable bonds is 22. The number of aromatic nitrogens is 5. The summed E-state index contributed by atoms with van der Waals surface area (Å²) in [6.07, 6.45) is 3.76. The third-order valence-corrected chi connectivity index (χ3v) is 12.5. The van der Waals surface area contributed by atoms with Crippen LogP contribution in [0.1, 0.15) is 84.3 Å². The molecule has 0 radical (unpaired) electrons. The third kappa shape index (κ3) is 13.5. The van der Waals surface area contributed by atoms with Gasteiger partial charge in [0, 0.05) is 62.2 Å². The lowest BCUT2D eigenvalue weighted by Gasteiger charge is -2.32. The van der Waals surface area contributed by atoms with Crippen LogP contribution in [0.4, 0.5) is 4.79 Å². The molecule has 4 N–H and O–H groups in total. The molecule has 0 saturated carbocycles. The fourth-order valence-corrected chi connectivity index (χ4v) is 8.57.